The maximum atomic E-state index is 11.0. The van der Waals surface area contributed by atoms with Crippen LogP contribution in [0.5, 0.6) is 0 Å². The lowest BCUT2D eigenvalue weighted by molar-refractivity contribution is -0.142. The zero-order chi connectivity index (χ0) is 11.2. The van der Waals surface area contributed by atoms with Crippen LogP contribution < -0.4 is 0 Å². The first-order valence-electron chi connectivity index (χ1n) is 5.30. The lowest BCUT2D eigenvalue weighted by Crippen LogP contribution is -2.00. The van der Waals surface area contributed by atoms with E-state index < -0.39 is 25.1 Å². The van der Waals surface area contributed by atoms with Gasteiger partial charge in [0.05, 0.1) is 6.61 Å². The van der Waals surface area contributed by atoms with Gasteiger partial charge in [0.15, 0.2) is 0 Å². The fraction of sp³-hybridized carbons (Fsp3) is 0.833. The Kier molecular flexibility index (Phi) is 0.581. The average Bonchev–Trinajstić information content (AvgIpc) is 2.05. The Balaban J connectivity index is 3.19. The van der Waals surface area contributed by atoms with Crippen LogP contribution in [0.1, 0.15) is 33.8 Å². The minimum Gasteiger partial charge on any atom is -0.466 e. The third kappa shape index (κ3) is 1.52. The number of rotatable bonds is 0. The first kappa shape index (κ1) is 1.72. The fourth-order valence-corrected chi connectivity index (χ4v) is 0.389. The normalized spacial score (nSPS) is 51.8. The summed E-state index contributed by atoms with van der Waals surface area (Å²) in [5.74, 6) is -1.34. The van der Waals surface area contributed by atoms with Crippen LogP contribution in [0.2, 0.25) is 0 Å². The highest BCUT2D eigenvalue weighted by Crippen LogP contribution is 2.06. The summed E-state index contributed by atoms with van der Waals surface area (Å²) < 4.78 is 48.1. The number of hydrogen-bond donors (Lipinski definition) is 0. The summed E-state index contributed by atoms with van der Waals surface area (Å²) in [5, 5.41) is 0. The quantitative estimate of drug-likeness (QED) is 0.447. The molecular formula is C6H10O2. The number of ether oxygens (including phenoxy) is 1. The molecule has 46 valence electrons. The zero-order valence-electron chi connectivity index (χ0n) is 10.2. The molecule has 0 aromatic carbocycles. The molecule has 1 saturated heterocycles. The summed E-state index contributed by atoms with van der Waals surface area (Å²) in [6.07, 6.45) is -8.59. The lowest BCUT2D eigenvalue weighted by atomic mass is 10.2. The van der Waals surface area contributed by atoms with Crippen LogP contribution in [0.4, 0.5) is 0 Å². The maximum Gasteiger partial charge on any atom is 0.305 e. The van der Waals surface area contributed by atoms with Gasteiger partial charge >= 0.3 is 5.97 Å². The highest BCUT2D eigenvalue weighted by Gasteiger charge is 2.05. The smallest absolute Gasteiger partial charge is 0.305 e. The Morgan fingerprint density at radius 3 is 3.38 bits per heavy atom. The predicted molar refractivity (Wildman–Crippen MR) is 29.4 cm³/mol. The van der Waals surface area contributed by atoms with Gasteiger partial charge in [-0.25, -0.2) is 0 Å². The Bertz CT molecular complexity index is 261. The van der Waals surface area contributed by atoms with Gasteiger partial charge in [-0.3, -0.25) is 4.79 Å². The summed E-state index contributed by atoms with van der Waals surface area (Å²) in [4.78, 5) is 11.0. The molecule has 0 aliphatic carbocycles. The molecule has 8 heavy (non-hydrogen) atoms. The SMILES string of the molecule is [2H]C1([2H])CCOC(=O)C([2H])([2H])C1([2H])[2H]. The van der Waals surface area contributed by atoms with Gasteiger partial charge in [0.1, 0.15) is 0 Å². The van der Waals surface area contributed by atoms with Gasteiger partial charge in [0.2, 0.25) is 0 Å². The van der Waals surface area contributed by atoms with E-state index in [1.165, 1.54) is 0 Å². The third-order valence-corrected chi connectivity index (χ3v) is 0.713. The number of esters is 1. The fourth-order valence-electron chi connectivity index (χ4n) is 0.389. The van der Waals surface area contributed by atoms with Crippen molar-refractivity contribution in [2.24, 2.45) is 0 Å². The first-order chi connectivity index (χ1) is 6.13. The van der Waals surface area contributed by atoms with Gasteiger partial charge in [-0.2, -0.15) is 0 Å². The van der Waals surface area contributed by atoms with Crippen molar-refractivity contribution >= 4 is 5.97 Å². The van der Waals surface area contributed by atoms with Crippen LogP contribution in [0.25, 0.3) is 0 Å². The average molecular weight is 120 g/mol. The number of carbonyl (C=O) groups excluding carboxylic acids is 1. The van der Waals surface area contributed by atoms with Gasteiger partial charge in [0.25, 0.3) is 0 Å². The number of carbonyl (C=O) groups is 1. The van der Waals surface area contributed by atoms with Gasteiger partial charge < -0.3 is 4.74 Å². The van der Waals surface area contributed by atoms with E-state index in [2.05, 4.69) is 4.74 Å². The molecule has 0 aromatic rings. The summed E-state index contributed by atoms with van der Waals surface area (Å²) >= 11 is 0. The largest absolute Gasteiger partial charge is 0.466 e. The second-order valence-electron chi connectivity index (χ2n) is 1.31. The minimum atomic E-state index is -2.95. The summed E-state index contributed by atoms with van der Waals surface area (Å²) in [5.41, 5.74) is 0. The molecule has 2 nitrogen and oxygen atoms in total. The van der Waals surface area contributed by atoms with Crippen molar-refractivity contribution in [3.8, 4) is 0 Å². The summed E-state index contributed by atoms with van der Waals surface area (Å²) in [7, 11) is 0. The Morgan fingerprint density at radius 1 is 1.62 bits per heavy atom. The van der Waals surface area contributed by atoms with Gasteiger partial charge in [-0.15, -0.1) is 0 Å². The molecule has 1 aliphatic heterocycles. The molecule has 0 bridgehead atoms. The molecule has 0 saturated carbocycles. The van der Waals surface area contributed by atoms with Crippen LogP contribution in [0, 0.1) is 0 Å². The molecule has 1 fully saturated rings. The zero-order valence-corrected chi connectivity index (χ0v) is 4.23. The van der Waals surface area contributed by atoms with E-state index in [-0.39, 0.29) is 13.0 Å². The van der Waals surface area contributed by atoms with Gasteiger partial charge in [-0.1, -0.05) is 0 Å². The Labute approximate surface area is 57.3 Å². The highest BCUT2D eigenvalue weighted by atomic mass is 16.5. The van der Waals surface area contributed by atoms with Crippen molar-refractivity contribution in [2.45, 2.75) is 25.5 Å². The van der Waals surface area contributed by atoms with E-state index in [9.17, 15) is 4.79 Å². The predicted octanol–water partition coefficient (Wildman–Crippen LogP) is 1.10. The van der Waals surface area contributed by atoms with Crippen LogP contribution in [0.15, 0.2) is 0 Å². The molecule has 0 atom stereocenters. The van der Waals surface area contributed by atoms with Crippen LogP contribution in [-0.4, -0.2) is 12.6 Å². The van der Waals surface area contributed by atoms with Crippen LogP contribution in [-0.2, 0) is 9.53 Å². The van der Waals surface area contributed by atoms with E-state index in [4.69, 9.17) is 8.22 Å². The molecule has 0 radical (unpaired) electrons. The van der Waals surface area contributed by atoms with Crippen molar-refractivity contribution < 1.29 is 17.8 Å². The number of cyclic esters (lactones) is 1. The molecule has 0 unspecified atom stereocenters. The van der Waals surface area contributed by atoms with Crippen molar-refractivity contribution in [1.82, 2.24) is 0 Å². The van der Waals surface area contributed by atoms with E-state index in [1.54, 1.807) is 0 Å². The molecule has 1 aliphatic rings. The summed E-state index contributed by atoms with van der Waals surface area (Å²) in [6, 6.07) is 0. The van der Waals surface area contributed by atoms with Crippen LogP contribution in [0.3, 0.4) is 0 Å². The van der Waals surface area contributed by atoms with E-state index in [0.29, 0.717) is 0 Å². The monoisotopic (exact) mass is 120 g/mol. The molecule has 2 heteroatoms. The van der Waals surface area contributed by atoms with E-state index >= 15 is 0 Å². The van der Waals surface area contributed by atoms with E-state index in [0.717, 1.165) is 0 Å². The first-order valence-corrected chi connectivity index (χ1v) is 2.30. The third-order valence-electron chi connectivity index (χ3n) is 0.713. The summed E-state index contributed by atoms with van der Waals surface area (Å²) in [6.45, 7) is -0.301. The van der Waals surface area contributed by atoms with Gasteiger partial charge in [-0.05, 0) is 19.2 Å². The molecule has 1 rings (SSSR count). The Morgan fingerprint density at radius 2 is 2.50 bits per heavy atom. The van der Waals surface area contributed by atoms with E-state index in [1.807, 2.05) is 0 Å². The Hall–Kier alpha value is -0.530. The van der Waals surface area contributed by atoms with Crippen molar-refractivity contribution in [3.63, 3.8) is 0 Å². The molecular weight excluding hydrogens is 104 g/mol. The second-order valence-corrected chi connectivity index (χ2v) is 1.31. The highest BCUT2D eigenvalue weighted by molar-refractivity contribution is 5.69. The number of hydrogen-bond acceptors (Lipinski definition) is 2. The van der Waals surface area contributed by atoms with Crippen molar-refractivity contribution in [2.75, 3.05) is 6.61 Å². The van der Waals surface area contributed by atoms with Crippen molar-refractivity contribution in [1.29, 1.82) is 0 Å². The van der Waals surface area contributed by atoms with Crippen molar-refractivity contribution in [3.05, 3.63) is 0 Å². The molecule has 0 amide bonds. The molecule has 0 aromatic heterocycles. The van der Waals surface area contributed by atoms with Gasteiger partial charge in [0, 0.05) is 14.6 Å². The second kappa shape index (κ2) is 2.70. The maximum absolute atomic E-state index is 11.0. The minimum absolute atomic E-state index is 0.301. The molecule has 0 N–H and O–H groups in total. The standard InChI is InChI=1S/C6H10O2/c7-6-4-2-1-3-5-8-6/h1-5H2/i1D2,2D2,4D2. The molecule has 1 heterocycles. The molecule has 0 spiro atoms. The topological polar surface area (TPSA) is 26.3 Å². The lowest BCUT2D eigenvalue weighted by Gasteiger charge is -1.93. The van der Waals surface area contributed by atoms with Crippen LogP contribution >= 0.6 is 0 Å².